The number of likely N-dealkylation sites (tertiary alicyclic amines) is 1. The number of carbonyl (C=O) groups excluding carboxylic acids is 2. The van der Waals surface area contributed by atoms with Crippen molar-refractivity contribution in [2.75, 3.05) is 19.7 Å². The average molecular weight is 363 g/mol. The molecule has 5 heteroatoms. The molecule has 1 saturated heterocycles. The second-order valence-electron chi connectivity index (χ2n) is 9.43. The number of ether oxygens (including phenoxy) is 1. The average Bonchev–Trinajstić information content (AvgIpc) is 2.60. The van der Waals surface area contributed by atoms with Gasteiger partial charge in [0, 0.05) is 5.54 Å². The van der Waals surface area contributed by atoms with Crippen molar-refractivity contribution < 1.29 is 14.3 Å². The van der Waals surface area contributed by atoms with E-state index in [9.17, 15) is 9.59 Å². The Morgan fingerprint density at radius 2 is 1.62 bits per heavy atom. The van der Waals surface area contributed by atoms with E-state index in [2.05, 4.69) is 10.2 Å². The van der Waals surface area contributed by atoms with Gasteiger partial charge in [-0.3, -0.25) is 14.5 Å². The molecule has 5 aliphatic rings. The van der Waals surface area contributed by atoms with Gasteiger partial charge >= 0.3 is 5.97 Å². The van der Waals surface area contributed by atoms with E-state index in [-0.39, 0.29) is 29.4 Å². The van der Waals surface area contributed by atoms with Gasteiger partial charge in [0.05, 0.1) is 18.6 Å². The first-order valence-electron chi connectivity index (χ1n) is 10.7. The van der Waals surface area contributed by atoms with Crippen molar-refractivity contribution in [3.05, 3.63) is 0 Å². The number of rotatable bonds is 5. The molecule has 4 bridgehead atoms. The van der Waals surface area contributed by atoms with Gasteiger partial charge in [0.15, 0.2) is 0 Å². The fourth-order valence-corrected chi connectivity index (χ4v) is 6.58. The maximum absolute atomic E-state index is 13.0. The Balaban J connectivity index is 1.31. The Labute approximate surface area is 157 Å². The van der Waals surface area contributed by atoms with Crippen molar-refractivity contribution in [1.82, 2.24) is 10.2 Å². The third-order valence-corrected chi connectivity index (χ3v) is 7.50. The lowest BCUT2D eigenvalue weighted by Gasteiger charge is -2.57. The van der Waals surface area contributed by atoms with Crippen molar-refractivity contribution in [1.29, 1.82) is 0 Å². The largest absolute Gasteiger partial charge is 0.466 e. The smallest absolute Gasteiger partial charge is 0.309 e. The molecule has 0 aromatic rings. The fourth-order valence-electron chi connectivity index (χ4n) is 6.58. The Morgan fingerprint density at radius 3 is 2.12 bits per heavy atom. The van der Waals surface area contributed by atoms with E-state index in [0.29, 0.717) is 6.61 Å². The van der Waals surface area contributed by atoms with Gasteiger partial charge in [-0.15, -0.1) is 0 Å². The van der Waals surface area contributed by atoms with E-state index < -0.39 is 0 Å². The number of hydrogen-bond donors (Lipinski definition) is 1. The van der Waals surface area contributed by atoms with E-state index in [1.165, 1.54) is 38.5 Å². The van der Waals surface area contributed by atoms with Crippen LogP contribution in [0.4, 0.5) is 0 Å². The van der Waals surface area contributed by atoms with Crippen molar-refractivity contribution in [2.24, 2.45) is 23.7 Å². The van der Waals surface area contributed by atoms with Gasteiger partial charge in [-0.05, 0) is 96.1 Å². The molecule has 5 rings (SSSR count). The Morgan fingerprint density at radius 1 is 1.08 bits per heavy atom. The number of nitrogens with zero attached hydrogens (tertiary/aromatic N) is 1. The molecule has 1 N–H and O–H groups in total. The molecule has 146 valence electrons. The lowest BCUT2D eigenvalue weighted by molar-refractivity contribution is -0.150. The van der Waals surface area contributed by atoms with Gasteiger partial charge < -0.3 is 10.1 Å². The highest BCUT2D eigenvalue weighted by atomic mass is 16.5. The Kier molecular flexibility index (Phi) is 5.02. The third-order valence-electron chi connectivity index (χ3n) is 7.50. The minimum atomic E-state index is -0.105. The number of amides is 1. The lowest BCUT2D eigenvalue weighted by Crippen LogP contribution is -2.62. The van der Waals surface area contributed by atoms with Crippen LogP contribution < -0.4 is 5.32 Å². The number of esters is 1. The van der Waals surface area contributed by atoms with Crippen molar-refractivity contribution in [3.63, 3.8) is 0 Å². The van der Waals surface area contributed by atoms with E-state index >= 15 is 0 Å². The van der Waals surface area contributed by atoms with Crippen LogP contribution in [0.3, 0.4) is 0 Å². The molecule has 1 aliphatic heterocycles. The van der Waals surface area contributed by atoms with Crippen LogP contribution in [0.5, 0.6) is 0 Å². The van der Waals surface area contributed by atoms with Crippen molar-refractivity contribution in [2.45, 2.75) is 76.8 Å². The van der Waals surface area contributed by atoms with Gasteiger partial charge in [-0.2, -0.15) is 0 Å². The normalized spacial score (nSPS) is 38.2. The molecule has 0 spiro atoms. The summed E-state index contributed by atoms with van der Waals surface area (Å²) in [5.74, 6) is 2.66. The zero-order valence-electron chi connectivity index (χ0n) is 16.3. The first kappa shape index (κ1) is 18.3. The third kappa shape index (κ3) is 3.51. The van der Waals surface area contributed by atoms with E-state index in [4.69, 9.17) is 4.74 Å². The van der Waals surface area contributed by atoms with Gasteiger partial charge in [0.1, 0.15) is 0 Å². The summed E-state index contributed by atoms with van der Waals surface area (Å²) < 4.78 is 5.15. The molecule has 5 nitrogen and oxygen atoms in total. The molecular formula is C21H34N2O3. The second kappa shape index (κ2) is 7.14. The minimum Gasteiger partial charge on any atom is -0.466 e. The molecular weight excluding hydrogens is 328 g/mol. The van der Waals surface area contributed by atoms with E-state index in [0.717, 1.165) is 43.7 Å². The summed E-state index contributed by atoms with van der Waals surface area (Å²) in [6.45, 7) is 5.94. The second-order valence-corrected chi connectivity index (χ2v) is 9.43. The maximum atomic E-state index is 13.0. The first-order chi connectivity index (χ1) is 12.5. The highest BCUT2D eigenvalue weighted by Crippen LogP contribution is 2.55. The first-order valence-corrected chi connectivity index (χ1v) is 10.7. The molecule has 0 aromatic heterocycles. The van der Waals surface area contributed by atoms with Crippen LogP contribution in [-0.2, 0) is 14.3 Å². The summed E-state index contributed by atoms with van der Waals surface area (Å²) in [5.41, 5.74) is 0.0867. The number of piperidine rings is 1. The predicted molar refractivity (Wildman–Crippen MR) is 99.4 cm³/mol. The molecule has 0 aromatic carbocycles. The standard InChI is InChI=1S/C21H34N2O3/c1-3-26-20(25)18-4-6-23(7-5-18)14(2)19(24)22-21-11-15-8-16(12-21)10-17(9-15)13-21/h14-18H,3-13H2,1-2H3,(H,22,24)/t14-,15?,16?,17?,21?/m0/s1. The monoisotopic (exact) mass is 362 g/mol. The molecule has 1 amide bonds. The van der Waals surface area contributed by atoms with E-state index in [1.54, 1.807) is 0 Å². The molecule has 0 radical (unpaired) electrons. The maximum Gasteiger partial charge on any atom is 0.309 e. The van der Waals surface area contributed by atoms with Crippen LogP contribution in [0.25, 0.3) is 0 Å². The van der Waals surface area contributed by atoms with E-state index in [1.807, 2.05) is 13.8 Å². The molecule has 4 aliphatic carbocycles. The summed E-state index contributed by atoms with van der Waals surface area (Å²) in [6, 6.07) is -0.105. The van der Waals surface area contributed by atoms with Crippen molar-refractivity contribution >= 4 is 11.9 Å². The summed E-state index contributed by atoms with van der Waals surface area (Å²) in [6.07, 6.45) is 9.37. The summed E-state index contributed by atoms with van der Waals surface area (Å²) in [7, 11) is 0. The summed E-state index contributed by atoms with van der Waals surface area (Å²) in [4.78, 5) is 27.1. The van der Waals surface area contributed by atoms with Gasteiger partial charge in [0.2, 0.25) is 5.91 Å². The minimum absolute atomic E-state index is 0.00427. The van der Waals surface area contributed by atoms with Crippen molar-refractivity contribution in [3.8, 4) is 0 Å². The van der Waals surface area contributed by atoms with Crippen LogP contribution in [0.2, 0.25) is 0 Å². The number of nitrogens with one attached hydrogen (secondary N) is 1. The van der Waals surface area contributed by atoms with Crippen LogP contribution in [0.15, 0.2) is 0 Å². The van der Waals surface area contributed by atoms with Gasteiger partial charge in [-0.25, -0.2) is 0 Å². The molecule has 0 unspecified atom stereocenters. The van der Waals surface area contributed by atoms with Crippen LogP contribution in [-0.4, -0.2) is 48.1 Å². The Hall–Kier alpha value is -1.10. The predicted octanol–water partition coefficient (Wildman–Crippen LogP) is 2.74. The Bertz CT molecular complexity index is 518. The summed E-state index contributed by atoms with van der Waals surface area (Å²) >= 11 is 0. The molecule has 4 saturated carbocycles. The fraction of sp³-hybridized carbons (Fsp3) is 0.905. The highest BCUT2D eigenvalue weighted by molar-refractivity contribution is 5.82. The topological polar surface area (TPSA) is 58.6 Å². The highest BCUT2D eigenvalue weighted by Gasteiger charge is 2.51. The lowest BCUT2D eigenvalue weighted by atomic mass is 9.53. The molecule has 1 heterocycles. The van der Waals surface area contributed by atoms with Crippen LogP contribution >= 0.6 is 0 Å². The zero-order chi connectivity index (χ0) is 18.3. The quantitative estimate of drug-likeness (QED) is 0.764. The van der Waals surface area contributed by atoms with Crippen LogP contribution in [0, 0.1) is 23.7 Å². The van der Waals surface area contributed by atoms with Gasteiger partial charge in [-0.1, -0.05) is 0 Å². The molecule has 1 atom stereocenters. The zero-order valence-corrected chi connectivity index (χ0v) is 16.3. The molecule has 26 heavy (non-hydrogen) atoms. The van der Waals surface area contributed by atoms with Crippen LogP contribution in [0.1, 0.15) is 65.2 Å². The number of hydrogen-bond acceptors (Lipinski definition) is 4. The SMILES string of the molecule is CCOC(=O)C1CCN([C@@H](C)C(=O)NC23CC4CC(CC(C4)C2)C3)CC1. The van der Waals surface area contributed by atoms with Gasteiger partial charge in [0.25, 0.3) is 0 Å². The number of carbonyl (C=O) groups is 2. The summed E-state index contributed by atoms with van der Waals surface area (Å²) in [5, 5.41) is 3.50. The molecule has 5 fully saturated rings.